The lowest BCUT2D eigenvalue weighted by atomic mass is 10.1. The van der Waals surface area contributed by atoms with Gasteiger partial charge in [-0.3, -0.25) is 4.98 Å². The second-order valence-electron chi connectivity index (χ2n) is 3.17. The Kier molecular flexibility index (Phi) is 2.76. The molecule has 1 atom stereocenters. The van der Waals surface area contributed by atoms with Crippen LogP contribution in [0.5, 0.6) is 0 Å². The van der Waals surface area contributed by atoms with Crippen LogP contribution in [0.2, 0.25) is 0 Å². The average molecular weight is 221 g/mol. The van der Waals surface area contributed by atoms with E-state index in [1.54, 1.807) is 18.5 Å². The van der Waals surface area contributed by atoms with E-state index in [4.69, 9.17) is 14.2 Å². The third-order valence-corrected chi connectivity index (χ3v) is 2.28. The number of cyclic esters (lactones) is 1. The molecule has 0 fully saturated rings. The van der Waals surface area contributed by atoms with Crippen LogP contribution in [0, 0.1) is 0 Å². The summed E-state index contributed by atoms with van der Waals surface area (Å²) in [6, 6.07) is 3.57. The lowest BCUT2D eigenvalue weighted by Gasteiger charge is -2.11. The van der Waals surface area contributed by atoms with Crippen molar-refractivity contribution in [2.75, 3.05) is 14.2 Å². The first-order valence-corrected chi connectivity index (χ1v) is 4.71. The molecule has 5 heteroatoms. The van der Waals surface area contributed by atoms with Crippen molar-refractivity contribution in [2.24, 2.45) is 0 Å². The molecular weight excluding hydrogens is 210 g/mol. The first-order valence-electron chi connectivity index (χ1n) is 4.71. The molecule has 0 aromatic carbocycles. The Morgan fingerprint density at radius 2 is 2.19 bits per heavy atom. The van der Waals surface area contributed by atoms with Crippen LogP contribution in [0.4, 0.5) is 0 Å². The van der Waals surface area contributed by atoms with Gasteiger partial charge in [0.15, 0.2) is 11.9 Å². The average Bonchev–Trinajstić information content (AvgIpc) is 2.66. The Bertz CT molecular complexity index is 427. The molecule has 0 spiro atoms. The van der Waals surface area contributed by atoms with Gasteiger partial charge in [-0.15, -0.1) is 0 Å². The normalized spacial score (nSPS) is 19.6. The van der Waals surface area contributed by atoms with Gasteiger partial charge >= 0.3 is 5.97 Å². The van der Waals surface area contributed by atoms with Gasteiger partial charge in [0.05, 0.1) is 14.2 Å². The molecule has 1 unspecified atom stereocenters. The highest BCUT2D eigenvalue weighted by molar-refractivity contribution is 5.89. The number of ether oxygens (including phenoxy) is 3. The highest BCUT2D eigenvalue weighted by Crippen LogP contribution is 2.35. The molecule has 1 aliphatic heterocycles. The van der Waals surface area contributed by atoms with Gasteiger partial charge < -0.3 is 14.2 Å². The Morgan fingerprint density at radius 1 is 1.38 bits per heavy atom. The summed E-state index contributed by atoms with van der Waals surface area (Å²) in [5.41, 5.74) is 0.750. The zero-order valence-corrected chi connectivity index (χ0v) is 8.97. The molecule has 84 valence electrons. The molecule has 0 radical (unpaired) electrons. The summed E-state index contributed by atoms with van der Waals surface area (Å²) < 4.78 is 15.2. The molecule has 0 amide bonds. The molecular formula is C11H11NO4. The summed E-state index contributed by atoms with van der Waals surface area (Å²) >= 11 is 0. The van der Waals surface area contributed by atoms with E-state index in [1.165, 1.54) is 14.2 Å². The fourth-order valence-electron chi connectivity index (χ4n) is 1.57. The van der Waals surface area contributed by atoms with E-state index in [1.807, 2.05) is 6.07 Å². The summed E-state index contributed by atoms with van der Waals surface area (Å²) in [7, 11) is 2.88. The molecule has 0 N–H and O–H groups in total. The fourth-order valence-corrected chi connectivity index (χ4v) is 1.57. The lowest BCUT2D eigenvalue weighted by Crippen LogP contribution is -2.04. The monoisotopic (exact) mass is 221 g/mol. The van der Waals surface area contributed by atoms with E-state index >= 15 is 0 Å². The van der Waals surface area contributed by atoms with Gasteiger partial charge in [0, 0.05) is 18.0 Å². The van der Waals surface area contributed by atoms with Crippen LogP contribution in [0.25, 0.3) is 0 Å². The minimum Gasteiger partial charge on any atom is -0.493 e. The van der Waals surface area contributed by atoms with E-state index < -0.39 is 12.1 Å². The number of rotatable bonds is 3. The van der Waals surface area contributed by atoms with Crippen molar-refractivity contribution in [1.29, 1.82) is 0 Å². The Morgan fingerprint density at radius 3 is 2.75 bits per heavy atom. The van der Waals surface area contributed by atoms with Crippen LogP contribution in [0.3, 0.4) is 0 Å². The number of nitrogens with zero attached hydrogens (tertiary/aromatic N) is 1. The minimum absolute atomic E-state index is 0.108. The maximum atomic E-state index is 11.5. The Balaban J connectivity index is 2.38. The summed E-state index contributed by atoms with van der Waals surface area (Å²) in [5, 5.41) is 0. The first kappa shape index (κ1) is 10.5. The highest BCUT2D eigenvalue weighted by Gasteiger charge is 2.37. The Labute approximate surface area is 92.6 Å². The molecule has 1 aliphatic rings. The summed E-state index contributed by atoms with van der Waals surface area (Å²) in [4.78, 5) is 15.4. The smallest absolute Gasteiger partial charge is 0.378 e. The number of esters is 1. The fraction of sp³-hybridized carbons (Fsp3) is 0.273. The summed E-state index contributed by atoms with van der Waals surface area (Å²) in [6.07, 6.45) is 2.70. The van der Waals surface area contributed by atoms with Gasteiger partial charge in [-0.2, -0.15) is 0 Å². The maximum absolute atomic E-state index is 11.5. The molecule has 0 aliphatic carbocycles. The van der Waals surface area contributed by atoms with Crippen molar-refractivity contribution < 1.29 is 19.0 Å². The molecule has 0 saturated heterocycles. The second-order valence-corrected chi connectivity index (χ2v) is 3.17. The highest BCUT2D eigenvalue weighted by atomic mass is 16.6. The number of hydrogen-bond acceptors (Lipinski definition) is 5. The quantitative estimate of drug-likeness (QED) is 0.717. The van der Waals surface area contributed by atoms with E-state index in [9.17, 15) is 4.79 Å². The third-order valence-electron chi connectivity index (χ3n) is 2.28. The number of hydrogen-bond donors (Lipinski definition) is 0. The van der Waals surface area contributed by atoms with Crippen molar-refractivity contribution in [3.63, 3.8) is 0 Å². The van der Waals surface area contributed by atoms with E-state index in [-0.39, 0.29) is 5.76 Å². The number of carbonyl (C=O) groups is 1. The number of aromatic nitrogens is 1. The SMILES string of the molecule is COC1=C(OC)C(c2cccnc2)OC1=O. The molecule has 1 aromatic heterocycles. The molecule has 2 heterocycles. The summed E-state index contributed by atoms with van der Waals surface area (Å²) in [5.74, 6) is -0.0370. The lowest BCUT2D eigenvalue weighted by molar-refractivity contribution is -0.143. The zero-order chi connectivity index (χ0) is 11.5. The third kappa shape index (κ3) is 1.60. The van der Waals surface area contributed by atoms with Crippen LogP contribution in [-0.2, 0) is 19.0 Å². The molecule has 5 nitrogen and oxygen atoms in total. The maximum Gasteiger partial charge on any atom is 0.378 e. The van der Waals surface area contributed by atoms with E-state index in [2.05, 4.69) is 4.98 Å². The first-order chi connectivity index (χ1) is 7.77. The molecule has 16 heavy (non-hydrogen) atoms. The van der Waals surface area contributed by atoms with Crippen LogP contribution < -0.4 is 0 Å². The van der Waals surface area contributed by atoms with E-state index in [0.717, 1.165) is 5.56 Å². The zero-order valence-electron chi connectivity index (χ0n) is 8.97. The van der Waals surface area contributed by atoms with Gasteiger partial charge in [0.25, 0.3) is 0 Å². The number of carbonyl (C=O) groups excluding carboxylic acids is 1. The van der Waals surface area contributed by atoms with Crippen LogP contribution in [0.15, 0.2) is 36.0 Å². The van der Waals surface area contributed by atoms with Gasteiger partial charge in [-0.25, -0.2) is 4.79 Å². The second kappa shape index (κ2) is 4.22. The predicted molar refractivity (Wildman–Crippen MR) is 54.1 cm³/mol. The van der Waals surface area contributed by atoms with Crippen molar-refractivity contribution in [3.05, 3.63) is 41.6 Å². The van der Waals surface area contributed by atoms with Crippen molar-refractivity contribution in [3.8, 4) is 0 Å². The Hall–Kier alpha value is -2.04. The number of pyridine rings is 1. The van der Waals surface area contributed by atoms with Gasteiger partial charge in [0.1, 0.15) is 0 Å². The van der Waals surface area contributed by atoms with Crippen molar-refractivity contribution in [2.45, 2.75) is 6.10 Å². The molecule has 2 rings (SSSR count). The predicted octanol–water partition coefficient (Wildman–Crippen LogP) is 1.18. The van der Waals surface area contributed by atoms with E-state index in [0.29, 0.717) is 5.76 Å². The van der Waals surface area contributed by atoms with Crippen LogP contribution in [0.1, 0.15) is 11.7 Å². The molecule has 0 saturated carbocycles. The largest absolute Gasteiger partial charge is 0.493 e. The van der Waals surface area contributed by atoms with Gasteiger partial charge in [0.2, 0.25) is 5.76 Å². The number of methoxy groups -OCH3 is 2. The molecule has 1 aromatic rings. The summed E-state index contributed by atoms with van der Waals surface area (Å²) in [6.45, 7) is 0. The van der Waals surface area contributed by atoms with Crippen LogP contribution >= 0.6 is 0 Å². The van der Waals surface area contributed by atoms with Crippen molar-refractivity contribution >= 4 is 5.97 Å². The molecule has 0 bridgehead atoms. The van der Waals surface area contributed by atoms with Gasteiger partial charge in [-0.1, -0.05) is 6.07 Å². The van der Waals surface area contributed by atoms with Crippen LogP contribution in [-0.4, -0.2) is 25.2 Å². The standard InChI is InChI=1S/C11H11NO4/c1-14-9-8(7-4-3-5-12-6-7)16-11(13)10(9)15-2/h3-6,8H,1-2H3. The topological polar surface area (TPSA) is 57.6 Å². The van der Waals surface area contributed by atoms with Crippen molar-refractivity contribution in [1.82, 2.24) is 4.98 Å². The van der Waals surface area contributed by atoms with Gasteiger partial charge in [-0.05, 0) is 6.07 Å². The minimum atomic E-state index is -0.568.